The second-order valence-electron chi connectivity index (χ2n) is 4.73. The molecule has 2 aromatic rings. The maximum absolute atomic E-state index is 12.8. The summed E-state index contributed by atoms with van der Waals surface area (Å²) in [5.74, 6) is -0.284. The maximum Gasteiger partial charge on any atom is 0.224 e. The Balaban J connectivity index is 1.84. The van der Waals surface area contributed by atoms with E-state index in [-0.39, 0.29) is 11.7 Å². The smallest absolute Gasteiger partial charge is 0.224 e. The zero-order chi connectivity index (χ0) is 14.4. The Morgan fingerprint density at radius 1 is 1.00 bits per heavy atom. The van der Waals surface area contributed by atoms with Crippen LogP contribution in [0.4, 0.5) is 10.1 Å². The van der Waals surface area contributed by atoms with Gasteiger partial charge in [0, 0.05) is 12.1 Å². The Kier molecular flexibility index (Phi) is 4.88. The van der Waals surface area contributed by atoms with Crippen LogP contribution < -0.4 is 5.32 Å². The zero-order valence-electron chi connectivity index (χ0n) is 11.5. The average molecular weight is 271 g/mol. The minimum atomic E-state index is -0.255. The number of hydrogen-bond acceptors (Lipinski definition) is 1. The summed E-state index contributed by atoms with van der Waals surface area (Å²) in [5, 5.41) is 2.86. The fourth-order valence-electron chi connectivity index (χ4n) is 1.96. The van der Waals surface area contributed by atoms with E-state index in [4.69, 9.17) is 0 Å². The number of anilines is 1. The second kappa shape index (κ2) is 6.85. The van der Waals surface area contributed by atoms with Gasteiger partial charge in [-0.15, -0.1) is 0 Å². The van der Waals surface area contributed by atoms with Crippen LogP contribution in [-0.4, -0.2) is 5.91 Å². The Labute approximate surface area is 118 Å². The van der Waals surface area contributed by atoms with Crippen molar-refractivity contribution in [2.75, 3.05) is 5.32 Å². The predicted molar refractivity (Wildman–Crippen MR) is 79.2 cm³/mol. The summed E-state index contributed by atoms with van der Waals surface area (Å²) in [6.07, 6.45) is 1.99. The van der Waals surface area contributed by atoms with Crippen molar-refractivity contribution in [1.82, 2.24) is 0 Å². The third-order valence-corrected chi connectivity index (χ3v) is 3.20. The molecule has 0 heterocycles. The fraction of sp³-hybridized carbons (Fsp3) is 0.235. The lowest BCUT2D eigenvalue weighted by Crippen LogP contribution is -2.12. The first kappa shape index (κ1) is 14.3. The highest BCUT2D eigenvalue weighted by atomic mass is 19.1. The second-order valence-corrected chi connectivity index (χ2v) is 4.73. The first-order valence-electron chi connectivity index (χ1n) is 6.80. The number of aryl methyl sites for hydroxylation is 2. The minimum absolute atomic E-state index is 0.0291. The van der Waals surface area contributed by atoms with Gasteiger partial charge in [-0.05, 0) is 48.2 Å². The van der Waals surface area contributed by atoms with Gasteiger partial charge >= 0.3 is 0 Å². The summed E-state index contributed by atoms with van der Waals surface area (Å²) in [5.41, 5.74) is 3.02. The first-order chi connectivity index (χ1) is 9.67. The van der Waals surface area contributed by atoms with Crippen molar-refractivity contribution in [2.45, 2.75) is 26.2 Å². The van der Waals surface area contributed by atoms with Crippen LogP contribution in [-0.2, 0) is 17.6 Å². The van der Waals surface area contributed by atoms with Crippen molar-refractivity contribution >= 4 is 11.6 Å². The van der Waals surface area contributed by atoms with Crippen molar-refractivity contribution in [2.24, 2.45) is 0 Å². The van der Waals surface area contributed by atoms with Crippen molar-refractivity contribution in [3.8, 4) is 0 Å². The molecule has 0 aliphatic carbocycles. The molecule has 2 rings (SSSR count). The molecule has 0 spiro atoms. The number of nitrogens with one attached hydrogen (secondary N) is 1. The normalized spacial score (nSPS) is 10.3. The molecule has 1 amide bonds. The van der Waals surface area contributed by atoms with Gasteiger partial charge in [-0.25, -0.2) is 4.39 Å². The van der Waals surface area contributed by atoms with Gasteiger partial charge in [-0.1, -0.05) is 31.2 Å². The molecular weight excluding hydrogens is 253 g/mol. The van der Waals surface area contributed by atoms with E-state index in [0.717, 1.165) is 17.7 Å². The predicted octanol–water partition coefficient (Wildman–Crippen LogP) is 3.96. The quantitative estimate of drug-likeness (QED) is 0.876. The third kappa shape index (κ3) is 4.19. The fourth-order valence-corrected chi connectivity index (χ4v) is 1.96. The molecule has 0 aliphatic rings. The topological polar surface area (TPSA) is 29.1 Å². The number of amides is 1. The van der Waals surface area contributed by atoms with Crippen LogP contribution in [0, 0.1) is 5.82 Å². The Bertz CT molecular complexity index is 561. The molecule has 0 radical (unpaired) electrons. The van der Waals surface area contributed by atoms with Crippen molar-refractivity contribution in [3.63, 3.8) is 0 Å². The van der Waals surface area contributed by atoms with Crippen LogP contribution in [0.3, 0.4) is 0 Å². The van der Waals surface area contributed by atoms with Gasteiger partial charge in [-0.3, -0.25) is 4.79 Å². The largest absolute Gasteiger partial charge is 0.326 e. The summed E-state index contributed by atoms with van der Waals surface area (Å²) in [6, 6.07) is 14.1. The molecule has 104 valence electrons. The number of halogens is 1. The summed E-state index contributed by atoms with van der Waals surface area (Å²) < 4.78 is 12.8. The highest BCUT2D eigenvalue weighted by Crippen LogP contribution is 2.11. The lowest BCUT2D eigenvalue weighted by Gasteiger charge is -2.06. The van der Waals surface area contributed by atoms with E-state index < -0.39 is 0 Å². The lowest BCUT2D eigenvalue weighted by atomic mass is 10.1. The molecule has 3 heteroatoms. The number of benzene rings is 2. The zero-order valence-corrected chi connectivity index (χ0v) is 11.5. The van der Waals surface area contributed by atoms with Crippen LogP contribution in [0.25, 0.3) is 0 Å². The van der Waals surface area contributed by atoms with E-state index in [1.165, 1.54) is 17.7 Å². The standard InChI is InChI=1S/C17H18FNO/c1-2-13-5-10-16(11-6-13)19-17(20)12-7-14-3-8-15(18)9-4-14/h3-6,8-11H,2,7,12H2,1H3,(H,19,20). The Hall–Kier alpha value is -2.16. The van der Waals surface area contributed by atoms with Gasteiger partial charge < -0.3 is 5.32 Å². The number of carbonyl (C=O) groups is 1. The highest BCUT2D eigenvalue weighted by molar-refractivity contribution is 5.90. The monoisotopic (exact) mass is 271 g/mol. The van der Waals surface area contributed by atoms with Gasteiger partial charge in [0.2, 0.25) is 5.91 Å². The van der Waals surface area contributed by atoms with Gasteiger partial charge in [0.15, 0.2) is 0 Å². The lowest BCUT2D eigenvalue weighted by molar-refractivity contribution is -0.116. The van der Waals surface area contributed by atoms with Crippen LogP contribution in [0.5, 0.6) is 0 Å². The SMILES string of the molecule is CCc1ccc(NC(=O)CCc2ccc(F)cc2)cc1. The Morgan fingerprint density at radius 2 is 1.60 bits per heavy atom. The molecular formula is C17H18FNO. The third-order valence-electron chi connectivity index (χ3n) is 3.20. The molecule has 0 saturated carbocycles. The molecule has 2 aromatic carbocycles. The minimum Gasteiger partial charge on any atom is -0.326 e. The molecule has 2 nitrogen and oxygen atoms in total. The number of rotatable bonds is 5. The summed E-state index contributed by atoms with van der Waals surface area (Å²) in [6.45, 7) is 2.09. The van der Waals surface area contributed by atoms with Crippen LogP contribution >= 0.6 is 0 Å². The average Bonchev–Trinajstić information content (AvgIpc) is 2.47. The number of hydrogen-bond donors (Lipinski definition) is 1. The van der Waals surface area contributed by atoms with E-state index in [1.807, 2.05) is 24.3 Å². The van der Waals surface area contributed by atoms with Gasteiger partial charge in [0.05, 0.1) is 0 Å². The summed E-state index contributed by atoms with van der Waals surface area (Å²) >= 11 is 0. The molecule has 0 fully saturated rings. The van der Waals surface area contributed by atoms with Crippen LogP contribution in [0.15, 0.2) is 48.5 Å². The molecule has 0 saturated heterocycles. The molecule has 0 unspecified atom stereocenters. The number of carbonyl (C=O) groups excluding carboxylic acids is 1. The Morgan fingerprint density at radius 3 is 2.20 bits per heavy atom. The first-order valence-corrected chi connectivity index (χ1v) is 6.80. The molecule has 1 N–H and O–H groups in total. The molecule has 0 atom stereocenters. The molecule has 0 aliphatic heterocycles. The van der Waals surface area contributed by atoms with Crippen molar-refractivity contribution < 1.29 is 9.18 Å². The van der Waals surface area contributed by atoms with E-state index in [9.17, 15) is 9.18 Å². The molecule has 0 aromatic heterocycles. The van der Waals surface area contributed by atoms with E-state index in [2.05, 4.69) is 12.2 Å². The van der Waals surface area contributed by atoms with Crippen molar-refractivity contribution in [1.29, 1.82) is 0 Å². The van der Waals surface area contributed by atoms with Gasteiger partial charge in [-0.2, -0.15) is 0 Å². The van der Waals surface area contributed by atoms with Gasteiger partial charge in [0.1, 0.15) is 5.82 Å². The highest BCUT2D eigenvalue weighted by Gasteiger charge is 2.03. The van der Waals surface area contributed by atoms with E-state index in [1.54, 1.807) is 12.1 Å². The van der Waals surface area contributed by atoms with Crippen LogP contribution in [0.1, 0.15) is 24.5 Å². The van der Waals surface area contributed by atoms with Crippen LogP contribution in [0.2, 0.25) is 0 Å². The summed E-state index contributed by atoms with van der Waals surface area (Å²) in [7, 11) is 0. The maximum atomic E-state index is 12.8. The van der Waals surface area contributed by atoms with E-state index >= 15 is 0 Å². The molecule has 20 heavy (non-hydrogen) atoms. The summed E-state index contributed by atoms with van der Waals surface area (Å²) in [4.78, 5) is 11.8. The van der Waals surface area contributed by atoms with E-state index in [0.29, 0.717) is 12.8 Å². The van der Waals surface area contributed by atoms with Gasteiger partial charge in [0.25, 0.3) is 0 Å². The van der Waals surface area contributed by atoms with Crippen molar-refractivity contribution in [3.05, 3.63) is 65.5 Å². The molecule has 0 bridgehead atoms.